The summed E-state index contributed by atoms with van der Waals surface area (Å²) in [4.78, 5) is 16.9. The van der Waals surface area contributed by atoms with Crippen molar-refractivity contribution in [2.45, 2.75) is 19.8 Å². The summed E-state index contributed by atoms with van der Waals surface area (Å²) < 4.78 is 20.4. The fourth-order valence-corrected chi connectivity index (χ4v) is 2.23. The molecular weight excluding hydrogens is 309 g/mol. The number of aromatic amines is 1. The van der Waals surface area contributed by atoms with Gasteiger partial charge in [0.05, 0.1) is 10.7 Å². The molecule has 0 radical (unpaired) electrons. The highest BCUT2D eigenvalue weighted by atomic mass is 35.5. The minimum Gasteiger partial charge on any atom is -0.449 e. The molecule has 0 aliphatic rings. The van der Waals surface area contributed by atoms with Crippen LogP contribution in [0.25, 0.3) is 5.65 Å². The van der Waals surface area contributed by atoms with Crippen LogP contribution in [0.1, 0.15) is 25.5 Å². The summed E-state index contributed by atoms with van der Waals surface area (Å²) >= 11 is 5.65. The normalized spacial score (nSPS) is 11.3. The molecule has 3 rings (SSSR count). The molecule has 0 spiro atoms. The van der Waals surface area contributed by atoms with Crippen LogP contribution in [0.5, 0.6) is 11.5 Å². The maximum absolute atomic E-state index is 13.5. The Balaban J connectivity index is 2.15. The quantitative estimate of drug-likeness (QED) is 0.799. The van der Waals surface area contributed by atoms with E-state index in [2.05, 4.69) is 10.1 Å². The Kier molecular flexibility index (Phi) is 3.62. The number of rotatable bonds is 3. The first-order valence-electron chi connectivity index (χ1n) is 6.70. The maximum atomic E-state index is 13.5. The van der Waals surface area contributed by atoms with Crippen LogP contribution in [0.2, 0.25) is 5.02 Å². The third-order valence-corrected chi connectivity index (χ3v) is 3.49. The first kappa shape index (κ1) is 14.6. The lowest BCUT2D eigenvalue weighted by molar-refractivity contribution is 0.453. The maximum Gasteiger partial charge on any atom is 0.315 e. The van der Waals surface area contributed by atoms with E-state index in [-0.39, 0.29) is 28.0 Å². The number of nitrogens with one attached hydrogen (secondary N) is 1. The van der Waals surface area contributed by atoms with Gasteiger partial charge in [0.15, 0.2) is 5.65 Å². The Morgan fingerprint density at radius 1 is 1.36 bits per heavy atom. The molecule has 0 aliphatic heterocycles. The number of nitrogens with zero attached hydrogens (tertiary/aromatic N) is 2. The lowest BCUT2D eigenvalue weighted by atomic mass is 10.1. The van der Waals surface area contributed by atoms with Gasteiger partial charge in [-0.2, -0.15) is 4.52 Å². The molecule has 5 nitrogen and oxygen atoms in total. The second-order valence-electron chi connectivity index (χ2n) is 5.12. The van der Waals surface area contributed by atoms with E-state index in [1.54, 1.807) is 12.3 Å². The van der Waals surface area contributed by atoms with Crippen molar-refractivity contribution < 1.29 is 9.13 Å². The van der Waals surface area contributed by atoms with E-state index < -0.39 is 5.82 Å². The molecule has 114 valence electrons. The molecule has 22 heavy (non-hydrogen) atoms. The van der Waals surface area contributed by atoms with Gasteiger partial charge in [0.1, 0.15) is 11.6 Å². The zero-order valence-electron chi connectivity index (χ0n) is 11.9. The van der Waals surface area contributed by atoms with Crippen LogP contribution in [0, 0.1) is 5.82 Å². The van der Waals surface area contributed by atoms with Crippen molar-refractivity contribution in [1.82, 2.24) is 14.6 Å². The molecule has 1 aromatic carbocycles. The smallest absolute Gasteiger partial charge is 0.315 e. The Labute approximate surface area is 130 Å². The lowest BCUT2D eigenvalue weighted by Gasteiger charge is -2.12. The molecule has 2 heterocycles. The number of benzene rings is 1. The average molecular weight is 322 g/mol. The lowest BCUT2D eigenvalue weighted by Crippen LogP contribution is -2.19. The van der Waals surface area contributed by atoms with Gasteiger partial charge in [-0.3, -0.25) is 9.89 Å². The van der Waals surface area contributed by atoms with Gasteiger partial charge in [-0.1, -0.05) is 25.4 Å². The highest BCUT2D eigenvalue weighted by molar-refractivity contribution is 6.30. The van der Waals surface area contributed by atoms with E-state index in [0.717, 1.165) is 6.07 Å². The third kappa shape index (κ3) is 2.46. The first-order chi connectivity index (χ1) is 10.5. The fourth-order valence-electron chi connectivity index (χ4n) is 2.11. The van der Waals surface area contributed by atoms with Crippen LogP contribution in [-0.4, -0.2) is 14.6 Å². The second-order valence-corrected chi connectivity index (χ2v) is 5.53. The van der Waals surface area contributed by atoms with Gasteiger partial charge in [0.2, 0.25) is 5.75 Å². The van der Waals surface area contributed by atoms with Crippen LogP contribution in [0.15, 0.2) is 35.3 Å². The topological polar surface area (TPSA) is 59.4 Å². The monoisotopic (exact) mass is 321 g/mol. The van der Waals surface area contributed by atoms with Crippen LogP contribution < -0.4 is 10.3 Å². The minimum atomic E-state index is -0.612. The number of halogens is 2. The molecule has 0 aliphatic carbocycles. The molecule has 3 aromatic rings. The van der Waals surface area contributed by atoms with Gasteiger partial charge >= 0.3 is 5.56 Å². The fraction of sp³-hybridized carbons (Fsp3) is 0.200. The zero-order valence-corrected chi connectivity index (χ0v) is 12.7. The van der Waals surface area contributed by atoms with E-state index >= 15 is 0 Å². The van der Waals surface area contributed by atoms with E-state index in [1.165, 1.54) is 16.6 Å². The highest BCUT2D eigenvalue weighted by Crippen LogP contribution is 2.28. The molecule has 0 atom stereocenters. The standard InChI is InChI=1S/C15H13ClFN3O2/c1-8(2)13-14(15(21)20-12(19-13)5-6-18-20)22-9-3-4-10(16)11(17)7-9/h3-8,18H,1-2H3. The number of hydrogen-bond acceptors (Lipinski definition) is 3. The van der Waals surface area contributed by atoms with Crippen LogP contribution in [-0.2, 0) is 0 Å². The van der Waals surface area contributed by atoms with E-state index in [1.807, 2.05) is 13.8 Å². The van der Waals surface area contributed by atoms with Crippen molar-refractivity contribution in [3.63, 3.8) is 0 Å². The van der Waals surface area contributed by atoms with E-state index in [9.17, 15) is 9.18 Å². The summed E-state index contributed by atoms with van der Waals surface area (Å²) in [6, 6.07) is 5.70. The van der Waals surface area contributed by atoms with Crippen LogP contribution in [0.4, 0.5) is 4.39 Å². The number of fused-ring (bicyclic) bond motifs is 1. The minimum absolute atomic E-state index is 0.00824. The molecular formula is C15H13ClFN3O2. The van der Waals surface area contributed by atoms with Gasteiger partial charge in [0, 0.05) is 18.3 Å². The van der Waals surface area contributed by atoms with Crippen molar-refractivity contribution in [3.05, 3.63) is 57.3 Å². The average Bonchev–Trinajstić information content (AvgIpc) is 2.94. The second kappa shape index (κ2) is 5.46. The van der Waals surface area contributed by atoms with Crippen LogP contribution in [0.3, 0.4) is 0 Å². The molecule has 0 bridgehead atoms. The molecule has 0 fully saturated rings. The molecule has 1 N–H and O–H groups in total. The van der Waals surface area contributed by atoms with Gasteiger partial charge < -0.3 is 4.74 Å². The predicted molar refractivity (Wildman–Crippen MR) is 81.4 cm³/mol. The molecule has 0 saturated carbocycles. The third-order valence-electron chi connectivity index (χ3n) is 3.19. The Bertz CT molecular complexity index is 901. The van der Waals surface area contributed by atoms with E-state index in [0.29, 0.717) is 11.3 Å². The largest absolute Gasteiger partial charge is 0.449 e. The summed E-state index contributed by atoms with van der Waals surface area (Å²) in [7, 11) is 0. The van der Waals surface area contributed by atoms with Gasteiger partial charge in [-0.25, -0.2) is 9.37 Å². The zero-order chi connectivity index (χ0) is 15.9. The van der Waals surface area contributed by atoms with Crippen molar-refractivity contribution in [3.8, 4) is 11.5 Å². The number of hydrogen-bond donors (Lipinski definition) is 1. The molecule has 0 saturated heterocycles. The molecule has 7 heteroatoms. The predicted octanol–water partition coefficient (Wildman–Crippen LogP) is 3.73. The molecule has 0 unspecified atom stereocenters. The highest BCUT2D eigenvalue weighted by Gasteiger charge is 2.18. The molecule has 0 amide bonds. The summed E-state index contributed by atoms with van der Waals surface area (Å²) in [5.41, 5.74) is 0.636. The van der Waals surface area contributed by atoms with Crippen molar-refractivity contribution in [2.24, 2.45) is 0 Å². The summed E-state index contributed by atoms with van der Waals surface area (Å²) in [5, 5.41) is 2.76. The van der Waals surface area contributed by atoms with Crippen LogP contribution >= 0.6 is 11.6 Å². The Hall–Kier alpha value is -2.34. The van der Waals surface area contributed by atoms with Gasteiger partial charge in [-0.15, -0.1) is 0 Å². The summed E-state index contributed by atoms with van der Waals surface area (Å²) in [6.45, 7) is 3.81. The van der Waals surface area contributed by atoms with Crippen molar-refractivity contribution in [1.29, 1.82) is 0 Å². The molecule has 2 aromatic heterocycles. The Morgan fingerprint density at radius 2 is 2.14 bits per heavy atom. The SMILES string of the molecule is CC(C)c1nc2cc[nH]n2c(=O)c1Oc1ccc(Cl)c(F)c1. The summed E-state index contributed by atoms with van der Waals surface area (Å²) in [5.74, 6) is -0.384. The van der Waals surface area contributed by atoms with Gasteiger partial charge in [-0.05, 0) is 18.1 Å². The van der Waals surface area contributed by atoms with Crippen molar-refractivity contribution >= 4 is 17.2 Å². The number of H-pyrrole nitrogens is 1. The van der Waals surface area contributed by atoms with E-state index in [4.69, 9.17) is 16.3 Å². The van der Waals surface area contributed by atoms with Crippen molar-refractivity contribution in [2.75, 3.05) is 0 Å². The Morgan fingerprint density at radius 3 is 2.82 bits per heavy atom. The first-order valence-corrected chi connectivity index (χ1v) is 7.08. The van der Waals surface area contributed by atoms with Gasteiger partial charge in [0.25, 0.3) is 0 Å². The number of ether oxygens (including phenoxy) is 1. The number of aromatic nitrogens is 3. The summed E-state index contributed by atoms with van der Waals surface area (Å²) in [6.07, 6.45) is 1.61.